The van der Waals surface area contributed by atoms with Gasteiger partial charge in [0.25, 0.3) is 0 Å². The van der Waals surface area contributed by atoms with Crippen molar-refractivity contribution in [3.05, 3.63) is 30.0 Å². The lowest BCUT2D eigenvalue weighted by Crippen LogP contribution is -2.44. The summed E-state index contributed by atoms with van der Waals surface area (Å²) in [5, 5.41) is 5.73. The summed E-state index contributed by atoms with van der Waals surface area (Å²) < 4.78 is 13.5. The average Bonchev–Trinajstić information content (AvgIpc) is 2.90. The highest BCUT2D eigenvalue weighted by Gasteiger charge is 2.34. The number of aromatic nitrogens is 2. The number of nitrogens with zero attached hydrogens (tertiary/aromatic N) is 3. The number of carbonyl (C=O) groups excluding carboxylic acids is 1. The second kappa shape index (κ2) is 6.09. The van der Waals surface area contributed by atoms with Crippen LogP contribution < -0.4 is 0 Å². The van der Waals surface area contributed by atoms with E-state index < -0.39 is 5.60 Å². The fraction of sp³-hybridized carbons (Fsp3) is 0.556. The summed E-state index contributed by atoms with van der Waals surface area (Å²) in [4.78, 5) is 14.0. The number of rotatable bonds is 2. The first-order chi connectivity index (χ1) is 11.3. The second-order valence-electron chi connectivity index (χ2n) is 7.25. The Hall–Kier alpha value is -2.08. The standard InChI is InChI=1S/C18H25N3O3/c1-12(20(5)17(22)24-18(2,3)4)16-15-13-8-6-7-9-14(13)19-21(15)10-11-23-16/h6-9,12,16H,10-11H2,1-5H3/t12?,16-/m1/s1. The van der Waals surface area contributed by atoms with Crippen LogP contribution in [-0.2, 0) is 16.0 Å². The largest absolute Gasteiger partial charge is 0.444 e. The van der Waals surface area contributed by atoms with E-state index in [1.54, 1.807) is 11.9 Å². The van der Waals surface area contributed by atoms with Crippen molar-refractivity contribution in [1.29, 1.82) is 0 Å². The van der Waals surface area contributed by atoms with Crippen LogP contribution in [0.25, 0.3) is 10.9 Å². The van der Waals surface area contributed by atoms with Gasteiger partial charge in [0.15, 0.2) is 0 Å². The van der Waals surface area contributed by atoms with E-state index in [-0.39, 0.29) is 18.2 Å². The lowest BCUT2D eigenvalue weighted by Gasteiger charge is -2.35. The molecular formula is C18H25N3O3. The maximum atomic E-state index is 12.4. The number of ether oxygens (including phenoxy) is 2. The van der Waals surface area contributed by atoms with Gasteiger partial charge in [0.05, 0.1) is 30.4 Å². The Morgan fingerprint density at radius 3 is 2.83 bits per heavy atom. The van der Waals surface area contributed by atoms with Gasteiger partial charge < -0.3 is 14.4 Å². The van der Waals surface area contributed by atoms with Gasteiger partial charge in [-0.05, 0) is 33.8 Å². The van der Waals surface area contributed by atoms with E-state index in [1.807, 2.05) is 50.6 Å². The van der Waals surface area contributed by atoms with Crippen LogP contribution in [0.2, 0.25) is 0 Å². The molecule has 1 aliphatic rings. The van der Waals surface area contributed by atoms with Crippen molar-refractivity contribution in [3.63, 3.8) is 0 Å². The summed E-state index contributed by atoms with van der Waals surface area (Å²) in [5.74, 6) is 0. The molecule has 24 heavy (non-hydrogen) atoms. The summed E-state index contributed by atoms with van der Waals surface area (Å²) in [7, 11) is 1.75. The van der Waals surface area contributed by atoms with Gasteiger partial charge in [-0.3, -0.25) is 4.68 Å². The SMILES string of the molecule is CC([C@H]1OCCn2nc3ccccc3c21)N(C)C(=O)OC(C)(C)C. The van der Waals surface area contributed by atoms with Gasteiger partial charge in [-0.2, -0.15) is 5.10 Å². The smallest absolute Gasteiger partial charge is 0.410 e. The van der Waals surface area contributed by atoms with Gasteiger partial charge in [0.1, 0.15) is 11.7 Å². The van der Waals surface area contributed by atoms with Crippen molar-refractivity contribution in [2.45, 2.75) is 52.0 Å². The molecule has 0 saturated heterocycles. The Kier molecular flexibility index (Phi) is 4.25. The lowest BCUT2D eigenvalue weighted by atomic mass is 10.0. The molecule has 6 nitrogen and oxygen atoms in total. The molecule has 1 aromatic carbocycles. The maximum absolute atomic E-state index is 12.4. The monoisotopic (exact) mass is 331 g/mol. The lowest BCUT2D eigenvalue weighted by molar-refractivity contribution is -0.0389. The molecule has 0 radical (unpaired) electrons. The molecule has 0 N–H and O–H groups in total. The van der Waals surface area contributed by atoms with Crippen LogP contribution in [0.4, 0.5) is 4.79 Å². The van der Waals surface area contributed by atoms with Crippen LogP contribution in [0.1, 0.15) is 39.5 Å². The van der Waals surface area contributed by atoms with Crippen LogP contribution in [0, 0.1) is 0 Å². The molecule has 130 valence electrons. The number of fused-ring (bicyclic) bond motifs is 3. The van der Waals surface area contributed by atoms with E-state index in [0.29, 0.717) is 6.61 Å². The molecule has 2 aromatic rings. The predicted molar refractivity (Wildman–Crippen MR) is 91.9 cm³/mol. The molecule has 2 heterocycles. The number of benzene rings is 1. The van der Waals surface area contributed by atoms with Crippen molar-refractivity contribution in [3.8, 4) is 0 Å². The quantitative estimate of drug-likeness (QED) is 0.847. The zero-order valence-corrected chi connectivity index (χ0v) is 14.9. The van der Waals surface area contributed by atoms with E-state index in [0.717, 1.165) is 23.1 Å². The van der Waals surface area contributed by atoms with E-state index >= 15 is 0 Å². The summed E-state index contributed by atoms with van der Waals surface area (Å²) in [6.07, 6.45) is -0.580. The van der Waals surface area contributed by atoms with Crippen molar-refractivity contribution in [1.82, 2.24) is 14.7 Å². The summed E-state index contributed by atoms with van der Waals surface area (Å²) in [6.45, 7) is 8.88. The fourth-order valence-electron chi connectivity index (χ4n) is 2.99. The van der Waals surface area contributed by atoms with Crippen LogP contribution in [0.15, 0.2) is 24.3 Å². The van der Waals surface area contributed by atoms with Gasteiger partial charge in [-0.1, -0.05) is 18.2 Å². The van der Waals surface area contributed by atoms with Gasteiger partial charge in [0, 0.05) is 12.4 Å². The number of likely N-dealkylation sites (N-methyl/N-ethyl adjacent to an activating group) is 1. The van der Waals surface area contributed by atoms with E-state index in [2.05, 4.69) is 11.2 Å². The molecule has 6 heteroatoms. The van der Waals surface area contributed by atoms with Crippen LogP contribution in [-0.4, -0.2) is 46.1 Å². The molecule has 1 unspecified atom stereocenters. The third-order valence-corrected chi connectivity index (χ3v) is 4.29. The molecule has 0 saturated carbocycles. The average molecular weight is 331 g/mol. The maximum Gasteiger partial charge on any atom is 0.410 e. The minimum atomic E-state index is -0.521. The first kappa shape index (κ1) is 16.8. The van der Waals surface area contributed by atoms with Crippen LogP contribution in [0.5, 0.6) is 0 Å². The van der Waals surface area contributed by atoms with E-state index in [9.17, 15) is 4.79 Å². The number of hydrogen-bond donors (Lipinski definition) is 0. The normalized spacial score (nSPS) is 19.0. The summed E-state index contributed by atoms with van der Waals surface area (Å²) in [5.41, 5.74) is 1.46. The van der Waals surface area contributed by atoms with Crippen molar-refractivity contribution in [2.24, 2.45) is 0 Å². The molecule has 0 aliphatic carbocycles. The molecule has 2 atom stereocenters. The topological polar surface area (TPSA) is 56.6 Å². The number of amides is 1. The van der Waals surface area contributed by atoms with E-state index in [1.165, 1.54) is 0 Å². The Balaban J connectivity index is 1.90. The van der Waals surface area contributed by atoms with Gasteiger partial charge >= 0.3 is 6.09 Å². The summed E-state index contributed by atoms with van der Waals surface area (Å²) >= 11 is 0. The predicted octanol–water partition coefficient (Wildman–Crippen LogP) is 3.36. The molecule has 1 amide bonds. The third-order valence-electron chi connectivity index (χ3n) is 4.29. The summed E-state index contributed by atoms with van der Waals surface area (Å²) in [6, 6.07) is 7.86. The number of carbonyl (C=O) groups is 1. The molecule has 0 spiro atoms. The molecule has 3 rings (SSSR count). The van der Waals surface area contributed by atoms with Gasteiger partial charge in [-0.25, -0.2) is 4.79 Å². The highest BCUT2D eigenvalue weighted by Crippen LogP contribution is 2.33. The van der Waals surface area contributed by atoms with Crippen LogP contribution in [0.3, 0.4) is 0 Å². The molecule has 1 aromatic heterocycles. The Bertz CT molecular complexity index is 748. The molecule has 0 fully saturated rings. The van der Waals surface area contributed by atoms with Crippen molar-refractivity contribution in [2.75, 3.05) is 13.7 Å². The first-order valence-corrected chi connectivity index (χ1v) is 8.31. The molecular weight excluding hydrogens is 306 g/mol. The van der Waals surface area contributed by atoms with Crippen molar-refractivity contribution >= 4 is 17.0 Å². The highest BCUT2D eigenvalue weighted by molar-refractivity contribution is 5.82. The first-order valence-electron chi connectivity index (χ1n) is 8.31. The van der Waals surface area contributed by atoms with Gasteiger partial charge in [-0.15, -0.1) is 0 Å². The Morgan fingerprint density at radius 1 is 1.42 bits per heavy atom. The van der Waals surface area contributed by atoms with E-state index in [4.69, 9.17) is 9.47 Å². The Morgan fingerprint density at radius 2 is 2.12 bits per heavy atom. The molecule has 1 aliphatic heterocycles. The third kappa shape index (κ3) is 3.11. The minimum Gasteiger partial charge on any atom is -0.444 e. The second-order valence-corrected chi connectivity index (χ2v) is 7.25. The van der Waals surface area contributed by atoms with Crippen molar-refractivity contribution < 1.29 is 14.3 Å². The zero-order chi connectivity index (χ0) is 17.5. The van der Waals surface area contributed by atoms with Gasteiger partial charge in [0.2, 0.25) is 0 Å². The fourth-order valence-corrected chi connectivity index (χ4v) is 2.99. The molecule has 0 bridgehead atoms. The highest BCUT2D eigenvalue weighted by atomic mass is 16.6. The zero-order valence-electron chi connectivity index (χ0n) is 14.9. The minimum absolute atomic E-state index is 0.168. The number of hydrogen-bond acceptors (Lipinski definition) is 4. The Labute approximate surface area is 142 Å². The van der Waals surface area contributed by atoms with Crippen LogP contribution >= 0.6 is 0 Å².